The number of hydrogen-bond acceptors (Lipinski definition) is 6. The molecule has 0 unspecified atom stereocenters. The predicted octanol–water partition coefficient (Wildman–Crippen LogP) is 8.40. The van der Waals surface area contributed by atoms with E-state index >= 15 is 0 Å². The molecular weight excluding hydrogens is 626 g/mol. The van der Waals surface area contributed by atoms with Crippen LogP contribution in [0.3, 0.4) is 0 Å². The molecule has 0 saturated heterocycles. The number of carbonyl (C=O) groups is 3. The average molecular weight is 657 g/mol. The van der Waals surface area contributed by atoms with Gasteiger partial charge in [-0.3, -0.25) is 19.8 Å². The molecule has 0 spiro atoms. The molecule has 13 heteroatoms. The lowest BCUT2D eigenvalue weighted by Gasteiger charge is -2.25. The molecule has 236 valence electrons. The second-order valence-electron chi connectivity index (χ2n) is 10.7. The number of nitrogens with one attached hydrogen (secondary N) is 2. The van der Waals surface area contributed by atoms with Crippen LogP contribution in [0.1, 0.15) is 65.9 Å². The number of amides is 3. The van der Waals surface area contributed by atoms with Gasteiger partial charge in [0.25, 0.3) is 5.91 Å². The van der Waals surface area contributed by atoms with Crippen LogP contribution in [0, 0.1) is 0 Å². The van der Waals surface area contributed by atoms with E-state index in [9.17, 15) is 27.6 Å². The first-order valence-electron chi connectivity index (χ1n) is 14.5. The summed E-state index contributed by atoms with van der Waals surface area (Å²) in [6.45, 7) is 0.168. The fraction of sp³-hybridized carbons (Fsp3) is 0.312. The van der Waals surface area contributed by atoms with Crippen LogP contribution in [0.25, 0.3) is 10.2 Å². The first kappa shape index (κ1) is 32.3. The van der Waals surface area contributed by atoms with Crippen molar-refractivity contribution < 1.29 is 32.7 Å². The largest absolute Gasteiger partial charge is 0.481 e. The molecule has 1 saturated carbocycles. The number of carboxylic acid groups (broad SMARTS) is 1. The molecule has 1 fully saturated rings. The molecule has 8 nitrogen and oxygen atoms in total. The zero-order chi connectivity index (χ0) is 32.0. The van der Waals surface area contributed by atoms with E-state index in [1.165, 1.54) is 37.0 Å². The zero-order valence-corrected chi connectivity index (χ0v) is 25.7. The second-order valence-corrected chi connectivity index (χ2v) is 12.9. The van der Waals surface area contributed by atoms with Crippen molar-refractivity contribution in [3.8, 4) is 0 Å². The molecule has 5 rings (SSSR count). The van der Waals surface area contributed by atoms with E-state index in [0.717, 1.165) is 29.7 Å². The topological polar surface area (TPSA) is 112 Å². The highest BCUT2D eigenvalue weighted by Crippen LogP contribution is 2.39. The van der Waals surface area contributed by atoms with Crippen molar-refractivity contribution in [2.45, 2.75) is 61.4 Å². The quantitative estimate of drug-likeness (QED) is 0.148. The molecule has 1 aliphatic rings. The SMILES string of the molecule is O=C(O)CCNC(=O)c1ccc(CN(C(=O)Nc2nc3cc(SC(F)(F)F)ccc3s2)c2ccc(C3CCCCC3)cc2)cc1. The van der Waals surface area contributed by atoms with Gasteiger partial charge in [-0.05, 0) is 84.1 Å². The molecule has 1 aromatic heterocycles. The number of aliphatic carboxylic acids is 1. The molecule has 0 atom stereocenters. The number of halogens is 3. The van der Waals surface area contributed by atoms with E-state index in [-0.39, 0.29) is 41.3 Å². The average Bonchev–Trinajstić information content (AvgIpc) is 3.41. The van der Waals surface area contributed by atoms with E-state index in [1.807, 2.05) is 24.3 Å². The Morgan fingerprint density at radius 1 is 0.978 bits per heavy atom. The third kappa shape index (κ3) is 8.98. The minimum Gasteiger partial charge on any atom is -0.481 e. The Morgan fingerprint density at radius 2 is 1.69 bits per heavy atom. The van der Waals surface area contributed by atoms with Crippen molar-refractivity contribution in [3.63, 3.8) is 0 Å². The van der Waals surface area contributed by atoms with Gasteiger partial charge in [0.2, 0.25) is 0 Å². The summed E-state index contributed by atoms with van der Waals surface area (Å²) in [6, 6.07) is 18.4. The number of aromatic nitrogens is 1. The number of rotatable bonds is 10. The van der Waals surface area contributed by atoms with Crippen molar-refractivity contribution in [1.29, 1.82) is 0 Å². The Bertz CT molecular complexity index is 1650. The van der Waals surface area contributed by atoms with Crippen LogP contribution in [-0.2, 0) is 11.3 Å². The van der Waals surface area contributed by atoms with Gasteiger partial charge in [-0.15, -0.1) is 0 Å². The monoisotopic (exact) mass is 656 g/mol. The van der Waals surface area contributed by atoms with E-state index in [0.29, 0.717) is 27.4 Å². The van der Waals surface area contributed by atoms with Crippen molar-refractivity contribution in [2.24, 2.45) is 0 Å². The zero-order valence-electron chi connectivity index (χ0n) is 24.1. The van der Waals surface area contributed by atoms with Crippen LogP contribution in [0.4, 0.5) is 28.8 Å². The fourth-order valence-corrected chi connectivity index (χ4v) is 6.70. The maximum Gasteiger partial charge on any atom is 0.446 e. The number of thiazole rings is 1. The van der Waals surface area contributed by atoms with E-state index in [2.05, 4.69) is 15.6 Å². The molecule has 3 N–H and O–H groups in total. The summed E-state index contributed by atoms with van der Waals surface area (Å²) in [4.78, 5) is 42.7. The molecule has 0 radical (unpaired) electrons. The highest BCUT2D eigenvalue weighted by Gasteiger charge is 2.29. The second kappa shape index (κ2) is 14.3. The molecule has 3 amide bonds. The van der Waals surface area contributed by atoms with Crippen molar-refractivity contribution in [3.05, 3.63) is 83.4 Å². The van der Waals surface area contributed by atoms with Crippen molar-refractivity contribution in [2.75, 3.05) is 16.8 Å². The number of benzene rings is 3. The maximum atomic E-state index is 13.7. The Balaban J connectivity index is 1.35. The van der Waals surface area contributed by atoms with E-state index < -0.39 is 23.4 Å². The van der Waals surface area contributed by atoms with Crippen LogP contribution in [0.15, 0.2) is 71.6 Å². The number of thioether (sulfide) groups is 1. The highest BCUT2D eigenvalue weighted by molar-refractivity contribution is 8.00. The number of carboxylic acids is 1. The molecule has 0 bridgehead atoms. The van der Waals surface area contributed by atoms with E-state index in [1.54, 1.807) is 35.2 Å². The first-order valence-corrected chi connectivity index (χ1v) is 16.1. The van der Waals surface area contributed by atoms with E-state index in [4.69, 9.17) is 5.11 Å². The van der Waals surface area contributed by atoms with Crippen LogP contribution in [0.2, 0.25) is 0 Å². The highest BCUT2D eigenvalue weighted by atomic mass is 32.2. The molecule has 0 aliphatic heterocycles. The summed E-state index contributed by atoms with van der Waals surface area (Å²) in [5, 5.41) is 14.4. The summed E-state index contributed by atoms with van der Waals surface area (Å²) >= 11 is 0.946. The summed E-state index contributed by atoms with van der Waals surface area (Å²) < 4.78 is 39.2. The molecule has 45 heavy (non-hydrogen) atoms. The smallest absolute Gasteiger partial charge is 0.446 e. The number of hydrogen-bond donors (Lipinski definition) is 3. The van der Waals surface area contributed by atoms with Crippen LogP contribution in [0.5, 0.6) is 0 Å². The Hall–Kier alpha value is -4.10. The summed E-state index contributed by atoms with van der Waals surface area (Å²) in [5.74, 6) is -0.914. The Labute approximate surface area is 266 Å². The molecule has 3 aromatic carbocycles. The Kier molecular flexibility index (Phi) is 10.3. The number of nitrogens with zero attached hydrogens (tertiary/aromatic N) is 2. The summed E-state index contributed by atoms with van der Waals surface area (Å²) in [5.41, 5.74) is -1.10. The summed E-state index contributed by atoms with van der Waals surface area (Å²) in [7, 11) is 0. The van der Waals surface area contributed by atoms with Crippen LogP contribution in [-0.4, -0.2) is 40.1 Å². The van der Waals surface area contributed by atoms with Gasteiger partial charge in [0.15, 0.2) is 5.13 Å². The van der Waals surface area contributed by atoms with Gasteiger partial charge in [-0.25, -0.2) is 9.78 Å². The first-order chi connectivity index (χ1) is 21.5. The maximum absolute atomic E-state index is 13.7. The third-order valence-corrected chi connectivity index (χ3v) is 9.19. The van der Waals surface area contributed by atoms with Crippen molar-refractivity contribution >= 4 is 62.0 Å². The fourth-order valence-electron chi connectivity index (χ4n) is 5.29. The number of alkyl halides is 3. The lowest BCUT2D eigenvalue weighted by Crippen LogP contribution is -2.34. The lowest BCUT2D eigenvalue weighted by atomic mass is 9.84. The van der Waals surface area contributed by atoms with Gasteiger partial charge in [0.1, 0.15) is 0 Å². The molecular formula is C32H31F3N4O4S2. The van der Waals surface area contributed by atoms with Gasteiger partial charge >= 0.3 is 17.5 Å². The minimum atomic E-state index is -4.42. The van der Waals surface area contributed by atoms with Crippen LogP contribution >= 0.6 is 23.1 Å². The van der Waals surface area contributed by atoms with Gasteiger partial charge in [0, 0.05) is 22.7 Å². The summed E-state index contributed by atoms with van der Waals surface area (Å²) in [6.07, 6.45) is 5.75. The van der Waals surface area contributed by atoms with Gasteiger partial charge < -0.3 is 10.4 Å². The van der Waals surface area contributed by atoms with Gasteiger partial charge in [0.05, 0.1) is 23.2 Å². The molecule has 4 aromatic rings. The van der Waals surface area contributed by atoms with Gasteiger partial charge in [-0.1, -0.05) is 54.9 Å². The normalized spacial score (nSPS) is 13.8. The number of carbonyl (C=O) groups excluding carboxylic acids is 2. The molecule has 1 heterocycles. The van der Waals surface area contributed by atoms with Crippen LogP contribution < -0.4 is 15.5 Å². The number of anilines is 2. The van der Waals surface area contributed by atoms with Crippen molar-refractivity contribution in [1.82, 2.24) is 10.3 Å². The Morgan fingerprint density at radius 3 is 2.36 bits per heavy atom. The predicted molar refractivity (Wildman–Crippen MR) is 170 cm³/mol. The number of urea groups is 1. The number of fused-ring (bicyclic) bond motifs is 1. The molecule has 1 aliphatic carbocycles. The lowest BCUT2D eigenvalue weighted by molar-refractivity contribution is -0.136. The van der Waals surface area contributed by atoms with Gasteiger partial charge in [-0.2, -0.15) is 13.2 Å². The third-order valence-electron chi connectivity index (χ3n) is 7.51. The standard InChI is InChI=1S/C32H31F3N4O4S2/c33-32(34,35)45-25-14-15-27-26(18-25)37-30(44-27)38-31(43)39(24-12-10-22(11-13-24)21-4-2-1-3-5-21)19-20-6-8-23(9-7-20)29(42)36-17-16-28(40)41/h6-15,18,21H,1-5,16-17,19H2,(H,36,42)(H,40,41)(H,37,38,43). The minimum absolute atomic E-state index is 0.00889.